The summed E-state index contributed by atoms with van der Waals surface area (Å²) in [6.45, 7) is 4.62. The number of ether oxygens (including phenoxy) is 2. The van der Waals surface area contributed by atoms with E-state index in [9.17, 15) is 9.59 Å². The topological polar surface area (TPSA) is 59.1 Å². The summed E-state index contributed by atoms with van der Waals surface area (Å²) >= 11 is 0. The van der Waals surface area contributed by atoms with Crippen LogP contribution in [0.25, 0.3) is 0 Å². The molecule has 0 radical (unpaired) electrons. The van der Waals surface area contributed by atoms with Crippen molar-refractivity contribution < 1.29 is 19.1 Å². The Morgan fingerprint density at radius 2 is 1.62 bits per heavy atom. The molecule has 0 bridgehead atoms. The lowest BCUT2D eigenvalue weighted by molar-refractivity contribution is -0.140. The third-order valence-corrected chi connectivity index (χ3v) is 4.04. The zero-order chi connectivity index (χ0) is 17.8. The SMILES string of the molecule is C/C=C/C(=O)OCCCCOC(=O)/C=C/N(C)C1CCN(C)CC1. The molecule has 0 spiro atoms. The number of esters is 2. The minimum Gasteiger partial charge on any atom is -0.463 e. The van der Waals surface area contributed by atoms with Crippen LogP contribution in [0.5, 0.6) is 0 Å². The summed E-state index contributed by atoms with van der Waals surface area (Å²) < 4.78 is 10.1. The molecule has 1 rings (SSSR count). The van der Waals surface area contributed by atoms with Gasteiger partial charge in [-0.05, 0) is 52.7 Å². The van der Waals surface area contributed by atoms with Crippen molar-refractivity contribution in [1.29, 1.82) is 0 Å². The number of piperidine rings is 1. The standard InChI is InChI=1S/C18H30N2O4/c1-4-7-17(21)23-14-5-6-15-24-18(22)10-13-20(3)16-8-11-19(2)12-9-16/h4,7,10,13,16H,5-6,8-9,11-12,14-15H2,1-3H3/b7-4+,13-10+. The predicted octanol–water partition coefficient (Wildman–Crippen LogP) is 1.97. The molecule has 136 valence electrons. The fraction of sp³-hybridized carbons (Fsp3) is 0.667. The molecule has 0 aromatic rings. The van der Waals surface area contributed by atoms with Crippen molar-refractivity contribution in [2.45, 2.75) is 38.6 Å². The lowest BCUT2D eigenvalue weighted by Gasteiger charge is -2.34. The van der Waals surface area contributed by atoms with Crippen LogP contribution in [0.1, 0.15) is 32.6 Å². The van der Waals surface area contributed by atoms with Crippen LogP contribution in [0.4, 0.5) is 0 Å². The lowest BCUT2D eigenvalue weighted by Crippen LogP contribution is -2.39. The molecular formula is C18H30N2O4. The van der Waals surface area contributed by atoms with Crippen molar-refractivity contribution in [1.82, 2.24) is 9.80 Å². The summed E-state index contributed by atoms with van der Waals surface area (Å²) in [6, 6.07) is 0.483. The third-order valence-electron chi connectivity index (χ3n) is 4.04. The Balaban J connectivity index is 2.09. The van der Waals surface area contributed by atoms with E-state index in [4.69, 9.17) is 9.47 Å². The lowest BCUT2D eigenvalue weighted by atomic mass is 10.0. The van der Waals surface area contributed by atoms with Crippen molar-refractivity contribution in [3.8, 4) is 0 Å². The largest absolute Gasteiger partial charge is 0.463 e. The van der Waals surface area contributed by atoms with E-state index in [2.05, 4.69) is 16.8 Å². The van der Waals surface area contributed by atoms with Gasteiger partial charge < -0.3 is 19.3 Å². The Morgan fingerprint density at radius 1 is 1.08 bits per heavy atom. The molecule has 1 saturated heterocycles. The molecular weight excluding hydrogens is 308 g/mol. The second-order valence-electron chi connectivity index (χ2n) is 6.06. The second-order valence-corrected chi connectivity index (χ2v) is 6.06. The number of rotatable bonds is 9. The fourth-order valence-corrected chi connectivity index (χ4v) is 2.48. The maximum Gasteiger partial charge on any atom is 0.332 e. The molecule has 6 heteroatoms. The Bertz CT molecular complexity index is 440. The van der Waals surface area contributed by atoms with Crippen molar-refractivity contribution >= 4 is 11.9 Å². The number of allylic oxidation sites excluding steroid dienone is 1. The monoisotopic (exact) mass is 338 g/mol. The summed E-state index contributed by atoms with van der Waals surface area (Å²) in [4.78, 5) is 27.2. The maximum absolute atomic E-state index is 11.7. The average Bonchev–Trinajstić information content (AvgIpc) is 2.56. The van der Waals surface area contributed by atoms with Gasteiger partial charge in [-0.25, -0.2) is 9.59 Å². The van der Waals surface area contributed by atoms with Gasteiger partial charge >= 0.3 is 11.9 Å². The van der Waals surface area contributed by atoms with Crippen molar-refractivity contribution in [2.24, 2.45) is 0 Å². The van der Waals surface area contributed by atoms with E-state index in [-0.39, 0.29) is 11.9 Å². The number of carbonyl (C=O) groups excluding carboxylic acids is 2. The van der Waals surface area contributed by atoms with Crippen LogP contribution >= 0.6 is 0 Å². The molecule has 0 amide bonds. The van der Waals surface area contributed by atoms with E-state index in [1.165, 1.54) is 12.2 Å². The number of hydrogen-bond donors (Lipinski definition) is 0. The van der Waals surface area contributed by atoms with Crippen molar-refractivity contribution in [3.05, 3.63) is 24.4 Å². The van der Waals surface area contributed by atoms with Gasteiger partial charge in [0.05, 0.1) is 13.2 Å². The molecule has 0 unspecified atom stereocenters. The highest BCUT2D eigenvalue weighted by Gasteiger charge is 2.18. The first-order chi connectivity index (χ1) is 11.5. The van der Waals surface area contributed by atoms with Crippen LogP contribution in [-0.2, 0) is 19.1 Å². The summed E-state index contributed by atoms with van der Waals surface area (Å²) in [5, 5.41) is 0. The Morgan fingerprint density at radius 3 is 2.17 bits per heavy atom. The molecule has 1 aliphatic rings. The summed E-state index contributed by atoms with van der Waals surface area (Å²) in [5.74, 6) is -0.671. The zero-order valence-corrected chi connectivity index (χ0v) is 15.1. The predicted molar refractivity (Wildman–Crippen MR) is 93.4 cm³/mol. The molecule has 1 heterocycles. The molecule has 0 aliphatic carbocycles. The zero-order valence-electron chi connectivity index (χ0n) is 15.1. The Labute approximate surface area is 145 Å². The normalized spacial score (nSPS) is 16.6. The van der Waals surface area contributed by atoms with Gasteiger partial charge in [-0.2, -0.15) is 0 Å². The van der Waals surface area contributed by atoms with E-state index >= 15 is 0 Å². The molecule has 0 aromatic carbocycles. The quantitative estimate of drug-likeness (QED) is 0.364. The number of likely N-dealkylation sites (tertiary alicyclic amines) is 1. The highest BCUT2D eigenvalue weighted by atomic mass is 16.5. The van der Waals surface area contributed by atoms with Crippen molar-refractivity contribution in [2.75, 3.05) is 40.4 Å². The first-order valence-corrected chi connectivity index (χ1v) is 8.57. The van der Waals surface area contributed by atoms with Crippen LogP contribution in [-0.4, -0.2) is 68.2 Å². The van der Waals surface area contributed by atoms with Crippen LogP contribution in [0.2, 0.25) is 0 Å². The minimum atomic E-state index is -0.339. The van der Waals surface area contributed by atoms with E-state index in [1.807, 2.05) is 7.05 Å². The second kappa shape index (κ2) is 11.7. The van der Waals surface area contributed by atoms with Gasteiger partial charge in [0, 0.05) is 31.4 Å². The van der Waals surface area contributed by atoms with Crippen LogP contribution < -0.4 is 0 Å². The van der Waals surface area contributed by atoms with E-state index in [0.717, 1.165) is 25.9 Å². The fourth-order valence-electron chi connectivity index (χ4n) is 2.48. The molecule has 0 saturated carbocycles. The van der Waals surface area contributed by atoms with Gasteiger partial charge in [-0.1, -0.05) is 6.08 Å². The summed E-state index contributed by atoms with van der Waals surface area (Å²) in [7, 11) is 4.13. The molecule has 0 N–H and O–H groups in total. The van der Waals surface area contributed by atoms with Gasteiger partial charge in [0.1, 0.15) is 0 Å². The number of carbonyl (C=O) groups is 2. The van der Waals surface area contributed by atoms with E-state index in [0.29, 0.717) is 32.1 Å². The minimum absolute atomic E-state index is 0.333. The van der Waals surface area contributed by atoms with Gasteiger partial charge in [0.15, 0.2) is 0 Å². The molecule has 6 nitrogen and oxygen atoms in total. The molecule has 0 atom stereocenters. The average molecular weight is 338 g/mol. The molecule has 1 aliphatic heterocycles. The maximum atomic E-state index is 11.7. The van der Waals surface area contributed by atoms with Gasteiger partial charge in [-0.15, -0.1) is 0 Å². The summed E-state index contributed by atoms with van der Waals surface area (Å²) in [5.41, 5.74) is 0. The van der Waals surface area contributed by atoms with Gasteiger partial charge in [0.2, 0.25) is 0 Å². The van der Waals surface area contributed by atoms with Crippen LogP contribution in [0, 0.1) is 0 Å². The van der Waals surface area contributed by atoms with Gasteiger partial charge in [-0.3, -0.25) is 0 Å². The smallest absolute Gasteiger partial charge is 0.332 e. The highest BCUT2D eigenvalue weighted by Crippen LogP contribution is 2.14. The first-order valence-electron chi connectivity index (χ1n) is 8.57. The Hall–Kier alpha value is -1.82. The first kappa shape index (κ1) is 20.2. The Kier molecular flexibility index (Phi) is 9.84. The van der Waals surface area contributed by atoms with Crippen LogP contribution in [0.15, 0.2) is 24.4 Å². The van der Waals surface area contributed by atoms with Crippen LogP contribution in [0.3, 0.4) is 0 Å². The number of unbranched alkanes of at least 4 members (excludes halogenated alkanes) is 1. The van der Waals surface area contributed by atoms with E-state index in [1.54, 1.807) is 19.2 Å². The van der Waals surface area contributed by atoms with Crippen molar-refractivity contribution in [3.63, 3.8) is 0 Å². The molecule has 24 heavy (non-hydrogen) atoms. The molecule has 1 fully saturated rings. The third kappa shape index (κ3) is 8.72. The van der Waals surface area contributed by atoms with Gasteiger partial charge in [0.25, 0.3) is 0 Å². The summed E-state index contributed by atoms with van der Waals surface area (Å²) in [6.07, 6.45) is 9.87. The molecule has 0 aromatic heterocycles. The number of nitrogens with zero attached hydrogens (tertiary/aromatic N) is 2. The number of hydrogen-bond acceptors (Lipinski definition) is 6. The van der Waals surface area contributed by atoms with E-state index < -0.39 is 0 Å². The highest BCUT2D eigenvalue weighted by molar-refractivity contribution is 5.82.